The molecule has 0 spiro atoms. The first kappa shape index (κ1) is 17.8. The molecule has 2 aromatic carbocycles. The van der Waals surface area contributed by atoms with Crippen molar-refractivity contribution in [2.75, 3.05) is 23.4 Å². The zero-order valence-corrected chi connectivity index (χ0v) is 13.8. The van der Waals surface area contributed by atoms with Gasteiger partial charge in [0.2, 0.25) is 0 Å². The van der Waals surface area contributed by atoms with Crippen LogP contribution in [0.5, 0.6) is 5.75 Å². The molecule has 0 atom stereocenters. The molecular weight excluding hydrogens is 349 g/mol. The second kappa shape index (κ2) is 6.70. The number of halogens is 3. The average molecular weight is 364 g/mol. The summed E-state index contributed by atoms with van der Waals surface area (Å²) >= 11 is 0. The predicted octanol–water partition coefficient (Wildman–Crippen LogP) is 3.70. The van der Waals surface area contributed by atoms with Crippen LogP contribution in [0.4, 0.5) is 24.5 Å². The molecule has 0 unspecified atom stereocenters. The van der Waals surface area contributed by atoms with E-state index < -0.39 is 17.6 Å². The lowest BCUT2D eigenvalue weighted by molar-refractivity contribution is -0.137. The number of ether oxygens (including phenoxy) is 1. The van der Waals surface area contributed by atoms with E-state index in [1.54, 1.807) is 18.2 Å². The molecule has 0 fully saturated rings. The van der Waals surface area contributed by atoms with Crippen molar-refractivity contribution < 1.29 is 27.5 Å². The molecular formula is C18H15F3N2O3. The summed E-state index contributed by atoms with van der Waals surface area (Å²) in [7, 11) is 0. The van der Waals surface area contributed by atoms with Gasteiger partial charge in [-0.1, -0.05) is 0 Å². The Morgan fingerprint density at radius 1 is 1.19 bits per heavy atom. The van der Waals surface area contributed by atoms with Gasteiger partial charge in [-0.25, -0.2) is 0 Å². The maximum atomic E-state index is 12.6. The van der Waals surface area contributed by atoms with Crippen molar-refractivity contribution in [2.45, 2.75) is 13.1 Å². The number of fused-ring (bicyclic) bond motifs is 1. The highest BCUT2D eigenvalue weighted by atomic mass is 19.4. The summed E-state index contributed by atoms with van der Waals surface area (Å²) in [5, 5.41) is 2.61. The van der Waals surface area contributed by atoms with Crippen molar-refractivity contribution in [1.29, 1.82) is 0 Å². The molecule has 0 radical (unpaired) electrons. The second-order valence-electron chi connectivity index (χ2n) is 5.64. The van der Waals surface area contributed by atoms with Crippen LogP contribution in [0.25, 0.3) is 0 Å². The smallest absolute Gasteiger partial charge is 0.416 e. The van der Waals surface area contributed by atoms with Crippen LogP contribution in [0.2, 0.25) is 0 Å². The van der Waals surface area contributed by atoms with Gasteiger partial charge in [0.15, 0.2) is 6.61 Å². The molecule has 0 bridgehead atoms. The summed E-state index contributed by atoms with van der Waals surface area (Å²) in [6, 6.07) is 8.76. The number of amides is 2. The van der Waals surface area contributed by atoms with Crippen molar-refractivity contribution in [3.8, 4) is 5.75 Å². The summed E-state index contributed by atoms with van der Waals surface area (Å²) in [5.74, 6) is -0.213. The maximum Gasteiger partial charge on any atom is 0.416 e. The molecule has 5 nitrogen and oxygen atoms in total. The first-order valence-electron chi connectivity index (χ1n) is 7.85. The molecule has 1 aliphatic rings. The molecule has 0 saturated carbocycles. The number of hydrogen-bond donors (Lipinski definition) is 1. The minimum Gasteiger partial charge on any atom is -0.482 e. The van der Waals surface area contributed by atoms with Crippen LogP contribution in [0.3, 0.4) is 0 Å². The Kier molecular flexibility index (Phi) is 4.58. The largest absolute Gasteiger partial charge is 0.482 e. The molecule has 3 rings (SSSR count). The molecule has 2 aromatic rings. The fraction of sp³-hybridized carbons (Fsp3) is 0.222. The van der Waals surface area contributed by atoms with Gasteiger partial charge in [0.25, 0.3) is 11.8 Å². The summed E-state index contributed by atoms with van der Waals surface area (Å²) in [5.41, 5.74) is 0.215. The van der Waals surface area contributed by atoms with Crippen LogP contribution in [0, 0.1) is 0 Å². The number of nitrogens with zero attached hydrogens (tertiary/aromatic N) is 1. The summed E-state index contributed by atoms with van der Waals surface area (Å²) in [6.07, 6.45) is -4.45. The van der Waals surface area contributed by atoms with Crippen LogP contribution >= 0.6 is 0 Å². The van der Waals surface area contributed by atoms with E-state index in [9.17, 15) is 22.8 Å². The molecule has 0 aromatic heterocycles. The first-order valence-corrected chi connectivity index (χ1v) is 7.85. The molecule has 1 N–H and O–H groups in total. The van der Waals surface area contributed by atoms with Gasteiger partial charge in [-0.2, -0.15) is 13.2 Å². The third-order valence-electron chi connectivity index (χ3n) is 3.95. The minimum absolute atomic E-state index is 0.0436. The molecule has 2 amide bonds. The lowest BCUT2D eigenvalue weighted by Gasteiger charge is -2.28. The highest BCUT2D eigenvalue weighted by Gasteiger charge is 2.30. The van der Waals surface area contributed by atoms with Crippen LogP contribution in [0.1, 0.15) is 22.8 Å². The molecule has 0 aliphatic carbocycles. The fourth-order valence-corrected chi connectivity index (χ4v) is 2.64. The molecule has 26 heavy (non-hydrogen) atoms. The number of anilines is 2. The molecule has 1 aliphatic heterocycles. The van der Waals surface area contributed by atoms with Crippen molar-refractivity contribution in [3.05, 3.63) is 53.6 Å². The van der Waals surface area contributed by atoms with Gasteiger partial charge in [-0.05, 0) is 49.4 Å². The number of alkyl halides is 3. The van der Waals surface area contributed by atoms with E-state index in [0.717, 1.165) is 24.3 Å². The monoisotopic (exact) mass is 364 g/mol. The Labute approximate surface area is 147 Å². The average Bonchev–Trinajstić information content (AvgIpc) is 2.61. The fourth-order valence-electron chi connectivity index (χ4n) is 2.64. The number of carbonyl (C=O) groups is 2. The van der Waals surface area contributed by atoms with Crippen LogP contribution in [0.15, 0.2) is 42.5 Å². The number of hydrogen-bond acceptors (Lipinski definition) is 3. The van der Waals surface area contributed by atoms with E-state index in [-0.39, 0.29) is 18.1 Å². The molecule has 136 valence electrons. The van der Waals surface area contributed by atoms with E-state index in [0.29, 0.717) is 23.7 Å². The minimum atomic E-state index is -4.45. The predicted molar refractivity (Wildman–Crippen MR) is 89.4 cm³/mol. The summed E-state index contributed by atoms with van der Waals surface area (Å²) in [4.78, 5) is 25.7. The Bertz CT molecular complexity index is 848. The third kappa shape index (κ3) is 3.49. The number of carbonyl (C=O) groups excluding carboxylic acids is 2. The van der Waals surface area contributed by atoms with Crippen molar-refractivity contribution in [1.82, 2.24) is 0 Å². The topological polar surface area (TPSA) is 58.6 Å². The van der Waals surface area contributed by atoms with Gasteiger partial charge in [-0.15, -0.1) is 0 Å². The van der Waals surface area contributed by atoms with Crippen molar-refractivity contribution in [3.63, 3.8) is 0 Å². The SMILES string of the molecule is CCN1C(=O)COc2ccc(NC(=O)c3ccc(C(F)(F)F)cc3)cc21. The van der Waals surface area contributed by atoms with Gasteiger partial charge in [0.1, 0.15) is 5.75 Å². The van der Waals surface area contributed by atoms with Crippen LogP contribution in [-0.2, 0) is 11.0 Å². The normalized spacial score (nSPS) is 13.8. The van der Waals surface area contributed by atoms with E-state index in [1.165, 1.54) is 4.90 Å². The highest BCUT2D eigenvalue weighted by molar-refractivity contribution is 6.05. The second-order valence-corrected chi connectivity index (χ2v) is 5.64. The van der Waals surface area contributed by atoms with E-state index in [2.05, 4.69) is 5.32 Å². The van der Waals surface area contributed by atoms with Gasteiger partial charge in [0.05, 0.1) is 11.3 Å². The maximum absolute atomic E-state index is 12.6. The Morgan fingerprint density at radius 3 is 2.50 bits per heavy atom. The van der Waals surface area contributed by atoms with Gasteiger partial charge >= 0.3 is 6.18 Å². The molecule has 8 heteroatoms. The first-order chi connectivity index (χ1) is 12.3. The Morgan fingerprint density at radius 2 is 1.88 bits per heavy atom. The Balaban J connectivity index is 1.80. The number of nitrogens with one attached hydrogen (secondary N) is 1. The summed E-state index contributed by atoms with van der Waals surface area (Å²) in [6.45, 7) is 2.23. The zero-order chi connectivity index (χ0) is 18.9. The lowest BCUT2D eigenvalue weighted by Crippen LogP contribution is -2.38. The quantitative estimate of drug-likeness (QED) is 0.903. The van der Waals surface area contributed by atoms with Gasteiger partial charge in [-0.3, -0.25) is 9.59 Å². The van der Waals surface area contributed by atoms with Crippen LogP contribution in [-0.4, -0.2) is 25.0 Å². The van der Waals surface area contributed by atoms with E-state index in [4.69, 9.17) is 4.74 Å². The number of likely N-dealkylation sites (N-methyl/N-ethyl adjacent to an activating group) is 1. The third-order valence-corrected chi connectivity index (χ3v) is 3.95. The van der Waals surface area contributed by atoms with Gasteiger partial charge < -0.3 is 15.0 Å². The number of benzene rings is 2. The summed E-state index contributed by atoms with van der Waals surface area (Å²) < 4.78 is 43.1. The molecule has 0 saturated heterocycles. The Hall–Kier alpha value is -3.03. The van der Waals surface area contributed by atoms with E-state index >= 15 is 0 Å². The van der Waals surface area contributed by atoms with Crippen molar-refractivity contribution in [2.24, 2.45) is 0 Å². The number of rotatable bonds is 3. The standard InChI is InChI=1S/C18H15F3N2O3/c1-2-23-14-9-13(7-8-15(14)26-10-16(23)24)22-17(25)11-3-5-12(6-4-11)18(19,20)21/h3-9H,2,10H2,1H3,(H,22,25). The zero-order valence-electron chi connectivity index (χ0n) is 13.8. The van der Waals surface area contributed by atoms with E-state index in [1.807, 2.05) is 6.92 Å². The lowest BCUT2D eigenvalue weighted by atomic mass is 10.1. The van der Waals surface area contributed by atoms with Crippen LogP contribution < -0.4 is 15.0 Å². The van der Waals surface area contributed by atoms with Crippen molar-refractivity contribution >= 4 is 23.2 Å². The van der Waals surface area contributed by atoms with Gasteiger partial charge in [0, 0.05) is 17.8 Å². The highest BCUT2D eigenvalue weighted by Crippen LogP contribution is 2.34. The molecule has 1 heterocycles.